The summed E-state index contributed by atoms with van der Waals surface area (Å²) < 4.78 is 38.5. The molecule has 1 N–H and O–H groups in total. The number of hydrogen-bond acceptors (Lipinski definition) is 2. The van der Waals surface area contributed by atoms with Crippen LogP contribution in [0.3, 0.4) is 0 Å². The first kappa shape index (κ1) is 21.0. The summed E-state index contributed by atoms with van der Waals surface area (Å²) in [6.45, 7) is 0.821. The SMILES string of the molecule is O=C(c1ccc(C(F)(F)F)cc1)c1cccc2c1CCN(C(=O)c1ccc3[nH]ccc3c1)C2. The Morgan fingerprint density at radius 2 is 1.67 bits per heavy atom. The van der Waals surface area contributed by atoms with Gasteiger partial charge in [0.15, 0.2) is 5.78 Å². The first-order valence-electron chi connectivity index (χ1n) is 10.5. The van der Waals surface area contributed by atoms with Gasteiger partial charge in [0.25, 0.3) is 5.91 Å². The molecule has 0 unspecified atom stereocenters. The molecule has 4 aromatic rings. The van der Waals surface area contributed by atoms with Crippen molar-refractivity contribution in [2.24, 2.45) is 0 Å². The largest absolute Gasteiger partial charge is 0.416 e. The number of fused-ring (bicyclic) bond motifs is 2. The quantitative estimate of drug-likeness (QED) is 0.414. The Balaban J connectivity index is 1.39. The van der Waals surface area contributed by atoms with Crippen molar-refractivity contribution in [3.63, 3.8) is 0 Å². The molecule has 7 heteroatoms. The number of rotatable bonds is 3. The molecule has 0 saturated heterocycles. The summed E-state index contributed by atoms with van der Waals surface area (Å²) in [5.41, 5.74) is 3.15. The topological polar surface area (TPSA) is 53.2 Å². The highest BCUT2D eigenvalue weighted by Gasteiger charge is 2.31. The molecule has 0 atom stereocenters. The highest BCUT2D eigenvalue weighted by Crippen LogP contribution is 2.30. The number of aromatic amines is 1. The van der Waals surface area contributed by atoms with Crippen LogP contribution in [0.2, 0.25) is 0 Å². The summed E-state index contributed by atoms with van der Waals surface area (Å²) in [5, 5.41) is 0.961. The van der Waals surface area contributed by atoms with Crippen LogP contribution in [0.25, 0.3) is 10.9 Å². The number of H-pyrrole nitrogens is 1. The zero-order valence-electron chi connectivity index (χ0n) is 17.4. The summed E-state index contributed by atoms with van der Waals surface area (Å²) in [4.78, 5) is 31.0. The fraction of sp³-hybridized carbons (Fsp3) is 0.154. The molecule has 1 aromatic heterocycles. The van der Waals surface area contributed by atoms with Gasteiger partial charge < -0.3 is 9.88 Å². The third-order valence-electron chi connectivity index (χ3n) is 6.07. The number of carbonyl (C=O) groups excluding carboxylic acids is 2. The molecule has 0 saturated carbocycles. The Hall–Kier alpha value is -3.87. The number of amides is 1. The maximum atomic E-state index is 13.1. The van der Waals surface area contributed by atoms with Crippen LogP contribution < -0.4 is 0 Å². The number of aromatic nitrogens is 1. The molecule has 1 aliphatic rings. The molecule has 0 aliphatic carbocycles. The lowest BCUT2D eigenvalue weighted by Gasteiger charge is -2.30. The lowest BCUT2D eigenvalue weighted by atomic mass is 9.90. The maximum absolute atomic E-state index is 13.1. The molecule has 1 amide bonds. The second-order valence-electron chi connectivity index (χ2n) is 8.10. The average Bonchev–Trinajstić information content (AvgIpc) is 3.30. The zero-order valence-corrected chi connectivity index (χ0v) is 17.4. The highest BCUT2D eigenvalue weighted by molar-refractivity contribution is 6.10. The Labute approximate surface area is 187 Å². The van der Waals surface area contributed by atoms with Crippen LogP contribution in [0.15, 0.2) is 72.9 Å². The smallest absolute Gasteiger partial charge is 0.361 e. The van der Waals surface area contributed by atoms with Gasteiger partial charge in [-0.25, -0.2) is 0 Å². The maximum Gasteiger partial charge on any atom is 0.416 e. The van der Waals surface area contributed by atoms with Gasteiger partial charge in [-0.2, -0.15) is 13.2 Å². The molecule has 5 rings (SSSR count). The van der Waals surface area contributed by atoms with Gasteiger partial charge in [0, 0.05) is 46.9 Å². The van der Waals surface area contributed by atoms with Crippen molar-refractivity contribution in [3.05, 3.63) is 106 Å². The van der Waals surface area contributed by atoms with Crippen molar-refractivity contribution in [1.82, 2.24) is 9.88 Å². The number of nitrogens with one attached hydrogen (secondary N) is 1. The number of ketones is 1. The summed E-state index contributed by atoms with van der Waals surface area (Å²) in [5.74, 6) is -0.401. The van der Waals surface area contributed by atoms with Gasteiger partial charge in [0.2, 0.25) is 0 Å². The Morgan fingerprint density at radius 1 is 0.909 bits per heavy atom. The molecule has 166 valence electrons. The molecule has 33 heavy (non-hydrogen) atoms. The third kappa shape index (κ3) is 3.91. The van der Waals surface area contributed by atoms with E-state index in [4.69, 9.17) is 0 Å². The molecule has 0 spiro atoms. The van der Waals surface area contributed by atoms with E-state index in [2.05, 4.69) is 4.98 Å². The van der Waals surface area contributed by atoms with Gasteiger partial charge in [0.05, 0.1) is 5.56 Å². The minimum Gasteiger partial charge on any atom is -0.361 e. The van der Waals surface area contributed by atoms with Gasteiger partial charge in [-0.3, -0.25) is 9.59 Å². The zero-order chi connectivity index (χ0) is 23.2. The van der Waals surface area contributed by atoms with Crippen LogP contribution in [0.1, 0.15) is 43.0 Å². The van der Waals surface area contributed by atoms with E-state index >= 15 is 0 Å². The van der Waals surface area contributed by atoms with E-state index in [1.807, 2.05) is 30.5 Å². The lowest BCUT2D eigenvalue weighted by molar-refractivity contribution is -0.137. The van der Waals surface area contributed by atoms with Crippen molar-refractivity contribution >= 4 is 22.6 Å². The molecule has 0 radical (unpaired) electrons. The summed E-state index contributed by atoms with van der Waals surface area (Å²) in [6, 6.07) is 17.0. The summed E-state index contributed by atoms with van der Waals surface area (Å²) in [6.07, 6.45) is -2.13. The standard InChI is InChI=1S/C26H19F3N2O2/c27-26(28,29)20-7-4-16(5-8-20)24(32)22-3-1-2-19-15-31(13-11-21(19)22)25(33)18-6-9-23-17(14-18)10-12-30-23/h1-10,12,14,30H,11,13,15H2. The van der Waals surface area contributed by atoms with E-state index in [0.29, 0.717) is 30.6 Å². The van der Waals surface area contributed by atoms with Crippen molar-refractivity contribution in [2.75, 3.05) is 6.54 Å². The predicted octanol–water partition coefficient (Wildman–Crippen LogP) is 5.62. The molecule has 3 aromatic carbocycles. The number of halogens is 3. The molecule has 0 bridgehead atoms. The number of benzene rings is 3. The molecular weight excluding hydrogens is 429 g/mol. The van der Waals surface area contributed by atoms with Gasteiger partial charge >= 0.3 is 6.18 Å². The predicted molar refractivity (Wildman–Crippen MR) is 118 cm³/mol. The fourth-order valence-electron chi connectivity index (χ4n) is 4.33. The first-order chi connectivity index (χ1) is 15.8. The number of nitrogens with zero attached hydrogens (tertiary/aromatic N) is 1. The summed E-state index contributed by atoms with van der Waals surface area (Å²) >= 11 is 0. The minimum atomic E-state index is -4.45. The molecule has 0 fully saturated rings. The Bertz CT molecular complexity index is 1370. The number of carbonyl (C=O) groups is 2. The fourth-order valence-corrected chi connectivity index (χ4v) is 4.33. The first-order valence-corrected chi connectivity index (χ1v) is 10.5. The Kier molecular flexibility index (Phi) is 5.04. The van der Waals surface area contributed by atoms with Gasteiger partial charge in [-0.1, -0.05) is 30.3 Å². The van der Waals surface area contributed by atoms with Crippen LogP contribution in [0, 0.1) is 0 Å². The molecule has 4 nitrogen and oxygen atoms in total. The van der Waals surface area contributed by atoms with Crippen molar-refractivity contribution in [1.29, 1.82) is 0 Å². The van der Waals surface area contributed by atoms with Crippen molar-refractivity contribution < 1.29 is 22.8 Å². The van der Waals surface area contributed by atoms with E-state index in [9.17, 15) is 22.8 Å². The Morgan fingerprint density at radius 3 is 2.42 bits per heavy atom. The van der Waals surface area contributed by atoms with Crippen molar-refractivity contribution in [3.8, 4) is 0 Å². The van der Waals surface area contributed by atoms with Crippen LogP contribution >= 0.6 is 0 Å². The van der Waals surface area contributed by atoms with Gasteiger partial charge in [-0.05, 0) is 53.9 Å². The van der Waals surface area contributed by atoms with Gasteiger partial charge in [0.1, 0.15) is 0 Å². The van der Waals surface area contributed by atoms with Gasteiger partial charge in [-0.15, -0.1) is 0 Å². The van der Waals surface area contributed by atoms with Crippen LogP contribution in [-0.4, -0.2) is 28.1 Å². The normalized spacial score (nSPS) is 13.7. The lowest BCUT2D eigenvalue weighted by Crippen LogP contribution is -2.36. The van der Waals surface area contributed by atoms with E-state index in [-0.39, 0.29) is 17.3 Å². The average molecular weight is 448 g/mol. The van der Waals surface area contributed by atoms with E-state index in [1.165, 1.54) is 12.1 Å². The van der Waals surface area contributed by atoms with Crippen LogP contribution in [-0.2, 0) is 19.1 Å². The molecule has 2 heterocycles. The summed E-state index contributed by atoms with van der Waals surface area (Å²) in [7, 11) is 0. The highest BCUT2D eigenvalue weighted by atomic mass is 19.4. The second kappa shape index (κ2) is 7.92. The van der Waals surface area contributed by atoms with E-state index in [1.54, 1.807) is 23.1 Å². The second-order valence-corrected chi connectivity index (χ2v) is 8.10. The minimum absolute atomic E-state index is 0.0804. The van der Waals surface area contributed by atoms with Crippen molar-refractivity contribution in [2.45, 2.75) is 19.1 Å². The number of hydrogen-bond donors (Lipinski definition) is 1. The third-order valence-corrected chi connectivity index (χ3v) is 6.07. The molecule has 1 aliphatic heterocycles. The monoisotopic (exact) mass is 448 g/mol. The van der Waals surface area contributed by atoms with E-state index < -0.39 is 11.7 Å². The number of alkyl halides is 3. The van der Waals surface area contributed by atoms with Crippen LogP contribution in [0.4, 0.5) is 13.2 Å². The van der Waals surface area contributed by atoms with Crippen LogP contribution in [0.5, 0.6) is 0 Å². The van der Waals surface area contributed by atoms with E-state index in [0.717, 1.165) is 34.2 Å². The molecular formula is C26H19F3N2O2.